The number of nitrogens with zero attached hydrogens (tertiary/aromatic N) is 1. The second kappa shape index (κ2) is 5.66. The Hall–Kier alpha value is -0.350. The molecule has 0 unspecified atom stereocenters. The van der Waals surface area contributed by atoms with Crippen molar-refractivity contribution >= 4 is 24.0 Å². The monoisotopic (exact) mass is 242 g/mol. The minimum absolute atomic E-state index is 0.625. The third-order valence-corrected chi connectivity index (χ3v) is 3.72. The molecule has 15 heavy (non-hydrogen) atoms. The van der Waals surface area contributed by atoms with Crippen molar-refractivity contribution in [2.45, 2.75) is 45.1 Å². The first-order chi connectivity index (χ1) is 7.04. The van der Waals surface area contributed by atoms with E-state index in [0.29, 0.717) is 5.25 Å². The molecule has 1 N–H and O–H groups in total. The van der Waals surface area contributed by atoms with Crippen molar-refractivity contribution in [2.24, 2.45) is 0 Å². The number of H-pyrrole nitrogens is 1. The molecule has 0 bridgehead atoms. The van der Waals surface area contributed by atoms with Crippen LogP contribution >= 0.6 is 24.0 Å². The van der Waals surface area contributed by atoms with Crippen LogP contribution in [0.5, 0.6) is 0 Å². The average molecular weight is 242 g/mol. The number of hydrogen-bond acceptors (Lipinski definition) is 3. The minimum atomic E-state index is 0.625. The maximum Gasteiger partial charge on any atom is 0.132 e. The molecular formula is C11H18N2S2. The molecular weight excluding hydrogens is 224 g/mol. The summed E-state index contributed by atoms with van der Waals surface area (Å²) in [6.07, 6.45) is 0.983. The average Bonchev–Trinajstić information content (AvgIpc) is 2.19. The molecule has 0 aliphatic rings. The lowest BCUT2D eigenvalue weighted by molar-refractivity contribution is 0.908. The van der Waals surface area contributed by atoms with Crippen molar-refractivity contribution in [2.75, 3.05) is 0 Å². The Morgan fingerprint density at radius 2 is 2.13 bits per heavy atom. The molecule has 1 aromatic rings. The predicted octanol–water partition coefficient (Wildman–Crippen LogP) is 3.65. The summed E-state index contributed by atoms with van der Waals surface area (Å²) in [5.41, 5.74) is 2.33. The zero-order chi connectivity index (χ0) is 11.4. The van der Waals surface area contributed by atoms with E-state index < -0.39 is 0 Å². The largest absolute Gasteiger partial charge is 0.346 e. The summed E-state index contributed by atoms with van der Waals surface area (Å²) in [6, 6.07) is 0. The van der Waals surface area contributed by atoms with Gasteiger partial charge in [-0.2, -0.15) is 11.8 Å². The lowest BCUT2D eigenvalue weighted by Gasteiger charge is -2.08. The molecule has 1 heterocycles. The molecule has 0 aromatic carbocycles. The Morgan fingerprint density at radius 3 is 2.67 bits per heavy atom. The number of thioether (sulfide) groups is 1. The molecule has 0 fully saturated rings. The summed E-state index contributed by atoms with van der Waals surface area (Å²) >= 11 is 7.11. The third-order valence-electron chi connectivity index (χ3n) is 2.21. The molecule has 4 heteroatoms. The first-order valence-electron chi connectivity index (χ1n) is 5.24. The van der Waals surface area contributed by atoms with Crippen molar-refractivity contribution in [3.8, 4) is 0 Å². The van der Waals surface area contributed by atoms with Crippen LogP contribution in [-0.4, -0.2) is 15.2 Å². The van der Waals surface area contributed by atoms with Gasteiger partial charge >= 0.3 is 0 Å². The van der Waals surface area contributed by atoms with Crippen LogP contribution in [0.2, 0.25) is 0 Å². The Kier molecular flexibility index (Phi) is 4.80. The zero-order valence-electron chi connectivity index (χ0n) is 9.76. The first kappa shape index (κ1) is 12.7. The van der Waals surface area contributed by atoms with E-state index >= 15 is 0 Å². The van der Waals surface area contributed by atoms with Crippen LogP contribution in [0.1, 0.15) is 37.9 Å². The molecule has 84 valence electrons. The van der Waals surface area contributed by atoms with Crippen LogP contribution in [-0.2, 0) is 12.2 Å². The van der Waals surface area contributed by atoms with Crippen LogP contribution in [0.4, 0.5) is 0 Å². The van der Waals surface area contributed by atoms with Gasteiger partial charge in [0.2, 0.25) is 0 Å². The number of aromatic amines is 1. The van der Waals surface area contributed by atoms with E-state index in [2.05, 4.69) is 30.7 Å². The first-order valence-corrected chi connectivity index (χ1v) is 6.70. The molecule has 1 aromatic heterocycles. The fourth-order valence-electron chi connectivity index (χ4n) is 1.30. The zero-order valence-corrected chi connectivity index (χ0v) is 11.4. The van der Waals surface area contributed by atoms with E-state index in [1.165, 1.54) is 5.69 Å². The fourth-order valence-corrected chi connectivity index (χ4v) is 2.16. The summed E-state index contributed by atoms with van der Waals surface area (Å²) in [6.45, 7) is 8.54. The molecule has 0 atom stereocenters. The van der Waals surface area contributed by atoms with E-state index in [0.717, 1.165) is 28.2 Å². The summed E-state index contributed by atoms with van der Waals surface area (Å²) in [5, 5.41) is 0.625. The standard InChI is InChI=1S/C11H18N2S2/c1-5-9-8(4)11(14)13-10(12-9)6-15-7(2)3/h7H,5-6H2,1-4H3,(H,12,13,14). The SMILES string of the molecule is CCc1[nH]c(CSC(C)C)nc(=S)c1C. The molecule has 0 aliphatic heterocycles. The van der Waals surface area contributed by atoms with Gasteiger partial charge in [-0.15, -0.1) is 0 Å². The Morgan fingerprint density at radius 1 is 1.47 bits per heavy atom. The fraction of sp³-hybridized carbons (Fsp3) is 0.636. The van der Waals surface area contributed by atoms with Gasteiger partial charge in [-0.05, 0) is 18.6 Å². The van der Waals surface area contributed by atoms with Gasteiger partial charge in [0.05, 0.1) is 5.75 Å². The van der Waals surface area contributed by atoms with Crippen molar-refractivity contribution in [1.29, 1.82) is 0 Å². The lowest BCUT2D eigenvalue weighted by Crippen LogP contribution is -2.02. The molecule has 0 amide bonds. The Balaban J connectivity index is 2.91. The van der Waals surface area contributed by atoms with Crippen molar-refractivity contribution < 1.29 is 0 Å². The van der Waals surface area contributed by atoms with Crippen LogP contribution < -0.4 is 0 Å². The van der Waals surface area contributed by atoms with E-state index in [4.69, 9.17) is 12.2 Å². The third kappa shape index (κ3) is 3.61. The molecule has 0 radical (unpaired) electrons. The maximum atomic E-state index is 5.23. The van der Waals surface area contributed by atoms with E-state index in [-0.39, 0.29) is 0 Å². The van der Waals surface area contributed by atoms with Crippen LogP contribution in [0, 0.1) is 11.6 Å². The highest BCUT2D eigenvalue weighted by atomic mass is 32.2. The second-order valence-corrected chi connectivity index (χ2v) is 5.76. The molecule has 0 spiro atoms. The summed E-state index contributed by atoms with van der Waals surface area (Å²) in [5.74, 6) is 1.91. The highest BCUT2D eigenvalue weighted by Gasteiger charge is 2.04. The molecule has 0 saturated heterocycles. The normalized spacial score (nSPS) is 11.0. The minimum Gasteiger partial charge on any atom is -0.346 e. The van der Waals surface area contributed by atoms with Crippen LogP contribution in [0.25, 0.3) is 0 Å². The number of aryl methyl sites for hydroxylation is 1. The smallest absolute Gasteiger partial charge is 0.132 e. The van der Waals surface area contributed by atoms with E-state index in [9.17, 15) is 0 Å². The second-order valence-electron chi connectivity index (χ2n) is 3.81. The van der Waals surface area contributed by atoms with Gasteiger partial charge in [-0.25, -0.2) is 4.98 Å². The molecule has 0 aliphatic carbocycles. The summed E-state index contributed by atoms with van der Waals surface area (Å²) in [7, 11) is 0. The van der Waals surface area contributed by atoms with Gasteiger partial charge in [-0.1, -0.05) is 33.0 Å². The molecule has 2 nitrogen and oxygen atoms in total. The van der Waals surface area contributed by atoms with Crippen LogP contribution in [0.3, 0.4) is 0 Å². The van der Waals surface area contributed by atoms with E-state index in [1.807, 2.05) is 18.7 Å². The van der Waals surface area contributed by atoms with Gasteiger partial charge in [0.15, 0.2) is 0 Å². The van der Waals surface area contributed by atoms with Gasteiger partial charge in [0.25, 0.3) is 0 Å². The lowest BCUT2D eigenvalue weighted by atomic mass is 10.2. The highest BCUT2D eigenvalue weighted by molar-refractivity contribution is 7.99. The van der Waals surface area contributed by atoms with Gasteiger partial charge in [-0.3, -0.25) is 0 Å². The topological polar surface area (TPSA) is 28.7 Å². The predicted molar refractivity (Wildman–Crippen MR) is 70.0 cm³/mol. The number of aromatic nitrogens is 2. The molecule has 1 rings (SSSR count). The van der Waals surface area contributed by atoms with Crippen molar-refractivity contribution in [3.05, 3.63) is 21.7 Å². The van der Waals surface area contributed by atoms with Crippen molar-refractivity contribution in [1.82, 2.24) is 9.97 Å². The van der Waals surface area contributed by atoms with E-state index in [1.54, 1.807) is 0 Å². The number of rotatable bonds is 4. The Labute approximate surface area is 101 Å². The molecule has 0 saturated carbocycles. The quantitative estimate of drug-likeness (QED) is 0.817. The highest BCUT2D eigenvalue weighted by Crippen LogP contribution is 2.16. The Bertz CT molecular complexity index is 383. The van der Waals surface area contributed by atoms with Gasteiger partial charge in [0.1, 0.15) is 10.5 Å². The summed E-state index contributed by atoms with van der Waals surface area (Å²) < 4.78 is 0.741. The number of hydrogen-bond donors (Lipinski definition) is 1. The number of nitrogens with one attached hydrogen (secondary N) is 1. The summed E-state index contributed by atoms with van der Waals surface area (Å²) in [4.78, 5) is 7.75. The van der Waals surface area contributed by atoms with Gasteiger partial charge in [0, 0.05) is 11.3 Å². The van der Waals surface area contributed by atoms with Gasteiger partial charge < -0.3 is 4.98 Å². The van der Waals surface area contributed by atoms with Crippen molar-refractivity contribution in [3.63, 3.8) is 0 Å². The maximum absolute atomic E-state index is 5.23. The van der Waals surface area contributed by atoms with Crippen LogP contribution in [0.15, 0.2) is 0 Å².